The minimum atomic E-state index is -0.395. The molecule has 4 heterocycles. The van der Waals surface area contributed by atoms with E-state index in [0.29, 0.717) is 17.4 Å². The summed E-state index contributed by atoms with van der Waals surface area (Å²) in [7, 11) is 0. The maximum absolute atomic E-state index is 12.3. The minimum Gasteiger partial charge on any atom is -0.454 e. The van der Waals surface area contributed by atoms with E-state index in [2.05, 4.69) is 9.88 Å². The molecule has 32 heavy (non-hydrogen) atoms. The van der Waals surface area contributed by atoms with Crippen LogP contribution in [0.25, 0.3) is 33.3 Å². The number of aliphatic hydroxyl groups is 1. The molecule has 6 nitrogen and oxygen atoms in total. The molecule has 0 aliphatic carbocycles. The third-order valence-corrected chi connectivity index (χ3v) is 6.57. The molecule has 5 rings (SSSR count). The van der Waals surface area contributed by atoms with Crippen molar-refractivity contribution in [2.24, 2.45) is 0 Å². The van der Waals surface area contributed by atoms with Crippen molar-refractivity contribution in [1.82, 2.24) is 9.88 Å². The summed E-state index contributed by atoms with van der Waals surface area (Å²) < 4.78 is 11.7. The maximum atomic E-state index is 12.3. The molecule has 1 fully saturated rings. The molecule has 0 amide bonds. The zero-order chi connectivity index (χ0) is 22.2. The van der Waals surface area contributed by atoms with E-state index in [1.807, 2.05) is 44.3 Å². The van der Waals surface area contributed by atoms with Crippen LogP contribution in [0.15, 0.2) is 50.2 Å². The van der Waals surface area contributed by atoms with Crippen molar-refractivity contribution in [3.05, 3.63) is 63.8 Å². The number of fused-ring (bicyclic) bond motifs is 2. The molecule has 0 saturated carbocycles. The summed E-state index contributed by atoms with van der Waals surface area (Å²) in [4.78, 5) is 19.3. The Morgan fingerprint density at radius 2 is 2.00 bits per heavy atom. The highest BCUT2D eigenvalue weighted by molar-refractivity contribution is 5.95. The van der Waals surface area contributed by atoms with Crippen molar-refractivity contribution < 1.29 is 13.9 Å². The Morgan fingerprint density at radius 1 is 1.12 bits per heavy atom. The predicted octanol–water partition coefficient (Wildman–Crippen LogP) is 4.95. The Bertz CT molecular complexity index is 1340. The summed E-state index contributed by atoms with van der Waals surface area (Å²) in [5.41, 5.74) is 4.61. The average Bonchev–Trinajstić information content (AvgIpc) is 3.23. The normalized spacial score (nSPS) is 17.4. The number of aromatic nitrogens is 1. The van der Waals surface area contributed by atoms with Gasteiger partial charge in [0.05, 0.1) is 5.69 Å². The van der Waals surface area contributed by atoms with Crippen molar-refractivity contribution in [3.63, 3.8) is 0 Å². The molecule has 1 aliphatic heterocycles. The smallest absolute Gasteiger partial charge is 0.336 e. The number of hydrogen-bond acceptors (Lipinski definition) is 6. The summed E-state index contributed by atoms with van der Waals surface area (Å²) in [6.45, 7) is 5.91. The van der Waals surface area contributed by atoms with Crippen molar-refractivity contribution in [2.45, 2.75) is 52.1 Å². The van der Waals surface area contributed by atoms with Gasteiger partial charge in [-0.1, -0.05) is 18.6 Å². The third kappa shape index (κ3) is 3.85. The summed E-state index contributed by atoms with van der Waals surface area (Å²) in [6.07, 6.45) is 6.23. The number of piperidine rings is 1. The molecule has 3 aromatic heterocycles. The SMILES string of the molecule is Cc1ccc2c(-c3cc4c(CN5CCCCC5CCO)cnc(C)c4o3)cc(=O)oc2c1. The lowest BCUT2D eigenvalue weighted by molar-refractivity contribution is 0.113. The van der Waals surface area contributed by atoms with E-state index < -0.39 is 5.63 Å². The second-order valence-corrected chi connectivity index (χ2v) is 8.83. The summed E-state index contributed by atoms with van der Waals surface area (Å²) in [5.74, 6) is 0.643. The van der Waals surface area contributed by atoms with Crippen LogP contribution in [0.4, 0.5) is 0 Å². The zero-order valence-electron chi connectivity index (χ0n) is 18.6. The molecule has 1 N–H and O–H groups in total. The average molecular weight is 433 g/mol. The van der Waals surface area contributed by atoms with Crippen LogP contribution in [0.2, 0.25) is 0 Å². The molecule has 0 spiro atoms. The number of aliphatic hydroxyl groups excluding tert-OH is 1. The highest BCUT2D eigenvalue weighted by Crippen LogP contribution is 2.35. The molecular weight excluding hydrogens is 404 g/mol. The van der Waals surface area contributed by atoms with Gasteiger partial charge in [-0.25, -0.2) is 4.79 Å². The van der Waals surface area contributed by atoms with Gasteiger partial charge in [0.1, 0.15) is 11.3 Å². The van der Waals surface area contributed by atoms with Crippen LogP contribution in [-0.4, -0.2) is 34.2 Å². The number of nitrogens with zero attached hydrogens (tertiary/aromatic N) is 2. The topological polar surface area (TPSA) is 79.7 Å². The number of rotatable bonds is 5. The minimum absolute atomic E-state index is 0.210. The van der Waals surface area contributed by atoms with Gasteiger partial charge in [-0.15, -0.1) is 0 Å². The monoisotopic (exact) mass is 432 g/mol. The van der Waals surface area contributed by atoms with E-state index in [0.717, 1.165) is 64.7 Å². The summed E-state index contributed by atoms with van der Waals surface area (Å²) in [6, 6.07) is 9.76. The van der Waals surface area contributed by atoms with Crippen molar-refractivity contribution in [3.8, 4) is 11.3 Å². The molecule has 6 heteroatoms. The van der Waals surface area contributed by atoms with E-state index >= 15 is 0 Å². The molecule has 166 valence electrons. The molecule has 0 bridgehead atoms. The van der Waals surface area contributed by atoms with E-state index in [1.165, 1.54) is 18.9 Å². The van der Waals surface area contributed by atoms with Gasteiger partial charge in [-0.05, 0) is 62.9 Å². The quantitative estimate of drug-likeness (QED) is 0.449. The van der Waals surface area contributed by atoms with Gasteiger partial charge in [-0.3, -0.25) is 9.88 Å². The van der Waals surface area contributed by atoms with Gasteiger partial charge in [0.15, 0.2) is 5.58 Å². The van der Waals surface area contributed by atoms with Gasteiger partial charge in [0.25, 0.3) is 0 Å². The number of hydrogen-bond donors (Lipinski definition) is 1. The molecular formula is C26H28N2O4. The fourth-order valence-electron chi connectivity index (χ4n) is 4.90. The first kappa shape index (κ1) is 20.9. The van der Waals surface area contributed by atoms with Crippen molar-refractivity contribution >= 4 is 21.9 Å². The summed E-state index contributed by atoms with van der Waals surface area (Å²) in [5, 5.41) is 11.3. The van der Waals surface area contributed by atoms with Gasteiger partial charge in [0, 0.05) is 47.8 Å². The van der Waals surface area contributed by atoms with Crippen LogP contribution in [-0.2, 0) is 6.54 Å². The second-order valence-electron chi connectivity index (χ2n) is 8.83. The van der Waals surface area contributed by atoms with Crippen molar-refractivity contribution in [2.75, 3.05) is 13.2 Å². The van der Waals surface area contributed by atoms with Gasteiger partial charge in [-0.2, -0.15) is 0 Å². The standard InChI is InChI=1S/C26H28N2O4/c1-16-6-7-20-22(13-25(30)31-23(20)11-16)24-12-21-18(14-27-17(2)26(21)32-24)15-28-9-4-3-5-19(28)8-10-29/h6-7,11-14,19,29H,3-5,8-10,15H2,1-2H3. The Balaban J connectivity index is 1.60. The van der Waals surface area contributed by atoms with E-state index in [-0.39, 0.29) is 6.61 Å². The number of aryl methyl sites for hydroxylation is 2. The number of benzene rings is 1. The number of pyridine rings is 1. The summed E-state index contributed by atoms with van der Waals surface area (Å²) >= 11 is 0. The van der Waals surface area contributed by atoms with E-state index in [1.54, 1.807) is 0 Å². The van der Waals surface area contributed by atoms with Crippen molar-refractivity contribution in [1.29, 1.82) is 0 Å². The van der Waals surface area contributed by atoms with Crippen LogP contribution < -0.4 is 5.63 Å². The van der Waals surface area contributed by atoms with Gasteiger partial charge >= 0.3 is 5.63 Å². The highest BCUT2D eigenvalue weighted by Gasteiger charge is 2.24. The maximum Gasteiger partial charge on any atom is 0.336 e. The first-order valence-electron chi connectivity index (χ1n) is 11.3. The Hall–Kier alpha value is -2.96. The lowest BCUT2D eigenvalue weighted by Gasteiger charge is -2.35. The van der Waals surface area contributed by atoms with E-state index in [4.69, 9.17) is 8.83 Å². The molecule has 1 unspecified atom stereocenters. The van der Waals surface area contributed by atoms with E-state index in [9.17, 15) is 9.90 Å². The van der Waals surface area contributed by atoms with Crippen LogP contribution >= 0.6 is 0 Å². The fraction of sp³-hybridized carbons (Fsp3) is 0.385. The van der Waals surface area contributed by atoms with Crippen LogP contribution in [0.3, 0.4) is 0 Å². The Kier molecular flexibility index (Phi) is 5.57. The number of likely N-dealkylation sites (tertiary alicyclic amines) is 1. The largest absolute Gasteiger partial charge is 0.454 e. The molecule has 1 atom stereocenters. The zero-order valence-corrected chi connectivity index (χ0v) is 18.6. The lowest BCUT2D eigenvalue weighted by atomic mass is 9.98. The third-order valence-electron chi connectivity index (χ3n) is 6.57. The number of furan rings is 1. The van der Waals surface area contributed by atoms with Crippen LogP contribution in [0.5, 0.6) is 0 Å². The van der Waals surface area contributed by atoms with Crippen LogP contribution in [0, 0.1) is 13.8 Å². The molecule has 1 aliphatic rings. The second kappa shape index (κ2) is 8.52. The lowest BCUT2D eigenvalue weighted by Crippen LogP contribution is -2.39. The fourth-order valence-corrected chi connectivity index (χ4v) is 4.90. The van der Waals surface area contributed by atoms with Gasteiger partial charge < -0.3 is 13.9 Å². The first-order chi connectivity index (χ1) is 15.5. The molecule has 1 aromatic carbocycles. The highest BCUT2D eigenvalue weighted by atomic mass is 16.4. The first-order valence-corrected chi connectivity index (χ1v) is 11.3. The van der Waals surface area contributed by atoms with Crippen LogP contribution in [0.1, 0.15) is 42.5 Å². The van der Waals surface area contributed by atoms with Gasteiger partial charge in [0.2, 0.25) is 0 Å². The molecule has 4 aromatic rings. The Morgan fingerprint density at radius 3 is 2.84 bits per heavy atom. The molecule has 1 saturated heterocycles. The predicted molar refractivity (Wildman–Crippen MR) is 125 cm³/mol. The Labute approximate surface area is 186 Å². The molecule has 0 radical (unpaired) electrons.